The van der Waals surface area contributed by atoms with Crippen LogP contribution in [0.2, 0.25) is 0 Å². The lowest BCUT2D eigenvalue weighted by Gasteiger charge is -2.34. The summed E-state index contributed by atoms with van der Waals surface area (Å²) >= 11 is 0. The summed E-state index contributed by atoms with van der Waals surface area (Å²) < 4.78 is 17.3. The highest BCUT2D eigenvalue weighted by atomic mass is 16.6. The number of rotatable bonds is 4. The van der Waals surface area contributed by atoms with E-state index in [-0.39, 0.29) is 12.2 Å². The summed E-state index contributed by atoms with van der Waals surface area (Å²) in [5, 5.41) is 0. The molecule has 3 rings (SSSR count). The third-order valence-corrected chi connectivity index (χ3v) is 6.49. The van der Waals surface area contributed by atoms with E-state index in [2.05, 4.69) is 0 Å². The molecule has 1 fully saturated rings. The molecule has 5 atom stereocenters. The lowest BCUT2D eigenvalue weighted by molar-refractivity contribution is -0.175. The lowest BCUT2D eigenvalue weighted by atomic mass is 9.77. The molecule has 172 valence electrons. The van der Waals surface area contributed by atoms with Crippen LogP contribution in [0.4, 0.5) is 0 Å². The molecule has 3 aliphatic rings. The Bertz CT molecular complexity index is 1010. The minimum absolute atomic E-state index is 0.133. The van der Waals surface area contributed by atoms with Crippen LogP contribution < -0.4 is 0 Å². The van der Waals surface area contributed by atoms with Crippen LogP contribution in [0.25, 0.3) is 0 Å². The highest BCUT2D eigenvalue weighted by molar-refractivity contribution is 6.09. The van der Waals surface area contributed by atoms with E-state index in [1.165, 1.54) is 13.0 Å². The molecule has 5 unspecified atom stereocenters. The van der Waals surface area contributed by atoms with Crippen molar-refractivity contribution >= 4 is 23.7 Å². The molecule has 0 saturated carbocycles. The summed E-state index contributed by atoms with van der Waals surface area (Å²) in [6.07, 6.45) is 3.12. The fraction of sp³-hybridized carbons (Fsp3) is 0.520. The number of hydrogen-bond donors (Lipinski definition) is 0. The number of esters is 3. The monoisotopic (exact) mass is 442 g/mol. The highest BCUT2D eigenvalue weighted by Crippen LogP contribution is 2.51. The number of hydrogen-bond acceptors (Lipinski definition) is 7. The maximum Gasteiger partial charge on any atom is 0.351 e. The SMILES string of the molecule is CC=C(C)C(=O)OC1(C)C(=O)OC2C3C(C)=CC(=O)C3=C(C)CC(OC(=O)C=C(C)C)C21. The van der Waals surface area contributed by atoms with E-state index >= 15 is 0 Å². The first-order valence-electron chi connectivity index (χ1n) is 10.8. The van der Waals surface area contributed by atoms with Gasteiger partial charge in [0.25, 0.3) is 0 Å². The van der Waals surface area contributed by atoms with Crippen LogP contribution in [0.1, 0.15) is 54.9 Å². The normalized spacial score (nSPS) is 31.8. The van der Waals surface area contributed by atoms with Gasteiger partial charge in [0.05, 0.1) is 5.92 Å². The second-order valence-electron chi connectivity index (χ2n) is 9.19. The van der Waals surface area contributed by atoms with Gasteiger partial charge in [-0.3, -0.25) is 4.79 Å². The predicted octanol–water partition coefficient (Wildman–Crippen LogP) is 3.54. The van der Waals surface area contributed by atoms with Gasteiger partial charge in [0.1, 0.15) is 12.2 Å². The summed E-state index contributed by atoms with van der Waals surface area (Å²) in [5.74, 6) is -3.30. The number of carbonyl (C=O) groups is 4. The fourth-order valence-corrected chi connectivity index (χ4v) is 4.83. The molecule has 0 bridgehead atoms. The molecular weight excluding hydrogens is 412 g/mol. The molecule has 1 aliphatic heterocycles. The number of allylic oxidation sites excluding steroid dienone is 3. The largest absolute Gasteiger partial charge is 0.458 e. The van der Waals surface area contributed by atoms with Crippen molar-refractivity contribution in [1.29, 1.82) is 0 Å². The first kappa shape index (κ1) is 23.7. The molecule has 32 heavy (non-hydrogen) atoms. The molecule has 0 aromatic rings. The number of ketones is 1. The Hall–Kier alpha value is -2.96. The van der Waals surface area contributed by atoms with Gasteiger partial charge in [0.15, 0.2) is 5.78 Å². The number of fused-ring (bicyclic) bond motifs is 3. The van der Waals surface area contributed by atoms with Crippen molar-refractivity contribution in [2.75, 3.05) is 0 Å². The van der Waals surface area contributed by atoms with Gasteiger partial charge >= 0.3 is 17.9 Å². The molecule has 7 nitrogen and oxygen atoms in total. The molecule has 0 aromatic carbocycles. The Morgan fingerprint density at radius 3 is 2.44 bits per heavy atom. The zero-order valence-electron chi connectivity index (χ0n) is 19.6. The lowest BCUT2D eigenvalue weighted by Crippen LogP contribution is -2.50. The Balaban J connectivity index is 2.11. The smallest absolute Gasteiger partial charge is 0.351 e. The molecule has 0 N–H and O–H groups in total. The number of carbonyl (C=O) groups excluding carboxylic acids is 4. The van der Waals surface area contributed by atoms with Gasteiger partial charge in [-0.05, 0) is 54.5 Å². The van der Waals surface area contributed by atoms with Gasteiger partial charge in [-0.25, -0.2) is 14.4 Å². The molecule has 0 spiro atoms. The fourth-order valence-electron chi connectivity index (χ4n) is 4.83. The number of ether oxygens (including phenoxy) is 3. The minimum Gasteiger partial charge on any atom is -0.458 e. The molecule has 0 aromatic heterocycles. The second kappa shape index (κ2) is 8.52. The average Bonchev–Trinajstić information content (AvgIpc) is 3.06. The summed E-state index contributed by atoms with van der Waals surface area (Å²) in [6.45, 7) is 12.0. The van der Waals surface area contributed by atoms with Crippen LogP contribution in [0.15, 0.2) is 46.1 Å². The van der Waals surface area contributed by atoms with Gasteiger partial charge in [-0.15, -0.1) is 0 Å². The van der Waals surface area contributed by atoms with Crippen LogP contribution in [0.3, 0.4) is 0 Å². The van der Waals surface area contributed by atoms with Crippen molar-refractivity contribution in [3.8, 4) is 0 Å². The average molecular weight is 443 g/mol. The van der Waals surface area contributed by atoms with Gasteiger partial charge in [0.2, 0.25) is 5.60 Å². The van der Waals surface area contributed by atoms with E-state index in [4.69, 9.17) is 14.2 Å². The molecule has 1 saturated heterocycles. The minimum atomic E-state index is -1.68. The molecule has 2 aliphatic carbocycles. The molecular formula is C25H30O7. The quantitative estimate of drug-likeness (QED) is 0.373. The molecule has 1 heterocycles. The van der Waals surface area contributed by atoms with Crippen molar-refractivity contribution in [1.82, 2.24) is 0 Å². The van der Waals surface area contributed by atoms with Gasteiger partial charge < -0.3 is 14.2 Å². The van der Waals surface area contributed by atoms with Crippen molar-refractivity contribution in [3.63, 3.8) is 0 Å². The Labute approximate surface area is 188 Å². The first-order valence-corrected chi connectivity index (χ1v) is 10.8. The van der Waals surface area contributed by atoms with Crippen molar-refractivity contribution in [2.45, 2.75) is 72.7 Å². The van der Waals surface area contributed by atoms with Crippen LogP contribution in [0.5, 0.6) is 0 Å². The van der Waals surface area contributed by atoms with E-state index < -0.39 is 47.6 Å². The van der Waals surface area contributed by atoms with E-state index in [1.54, 1.807) is 39.8 Å². The summed E-state index contributed by atoms with van der Waals surface area (Å²) in [5.41, 5.74) is 1.53. The van der Waals surface area contributed by atoms with E-state index in [1.807, 2.05) is 13.8 Å². The van der Waals surface area contributed by atoms with E-state index in [0.717, 1.165) is 16.7 Å². The zero-order chi connectivity index (χ0) is 24.0. The third kappa shape index (κ3) is 3.96. The van der Waals surface area contributed by atoms with E-state index in [0.29, 0.717) is 11.1 Å². The maximum atomic E-state index is 13.1. The Morgan fingerprint density at radius 2 is 1.84 bits per heavy atom. The second-order valence-corrected chi connectivity index (χ2v) is 9.19. The van der Waals surface area contributed by atoms with Gasteiger partial charge in [-0.2, -0.15) is 0 Å². The summed E-state index contributed by atoms with van der Waals surface area (Å²) in [6, 6.07) is 0. The molecule has 7 heteroatoms. The van der Waals surface area contributed by atoms with Gasteiger partial charge in [0, 0.05) is 29.6 Å². The van der Waals surface area contributed by atoms with Crippen LogP contribution in [-0.4, -0.2) is 41.5 Å². The third-order valence-electron chi connectivity index (χ3n) is 6.49. The Morgan fingerprint density at radius 1 is 1.19 bits per heavy atom. The maximum absolute atomic E-state index is 13.1. The molecule has 0 radical (unpaired) electrons. The van der Waals surface area contributed by atoms with E-state index in [9.17, 15) is 19.2 Å². The van der Waals surface area contributed by atoms with Crippen molar-refractivity contribution in [3.05, 3.63) is 46.1 Å². The topological polar surface area (TPSA) is 96.0 Å². The zero-order valence-corrected chi connectivity index (χ0v) is 19.6. The van der Waals surface area contributed by atoms with Crippen LogP contribution in [0, 0.1) is 11.8 Å². The predicted molar refractivity (Wildman–Crippen MR) is 116 cm³/mol. The standard InChI is InChI=1S/C25H30O7/c1-8-13(4)23(28)32-25(7)21-17(30-18(27)9-12(2)3)11-15(6)19-16(26)10-14(5)20(19)22(21)31-24(25)29/h8-10,17,20-22H,11H2,1-7H3. The van der Waals surface area contributed by atoms with Crippen molar-refractivity contribution < 1.29 is 33.4 Å². The van der Waals surface area contributed by atoms with Gasteiger partial charge in [-0.1, -0.05) is 22.8 Å². The van der Waals surface area contributed by atoms with Crippen LogP contribution in [-0.2, 0) is 33.4 Å². The summed E-state index contributed by atoms with van der Waals surface area (Å²) in [4.78, 5) is 51.0. The van der Waals surface area contributed by atoms with Crippen LogP contribution >= 0.6 is 0 Å². The van der Waals surface area contributed by atoms with Crippen molar-refractivity contribution in [2.24, 2.45) is 11.8 Å². The highest BCUT2D eigenvalue weighted by Gasteiger charge is 2.65. The Kier molecular flexibility index (Phi) is 6.31. The molecule has 0 amide bonds. The summed E-state index contributed by atoms with van der Waals surface area (Å²) in [7, 11) is 0. The first-order chi connectivity index (χ1) is 14.9.